The summed E-state index contributed by atoms with van der Waals surface area (Å²) in [7, 11) is 0. The smallest absolute Gasteiger partial charge is 0.0540 e. The topological polar surface area (TPSA) is 3.24 Å². The van der Waals surface area contributed by atoms with Gasteiger partial charge in [-0.25, -0.2) is 0 Å². The molecule has 0 spiro atoms. The van der Waals surface area contributed by atoms with Gasteiger partial charge in [-0.3, -0.25) is 0 Å². The Hall–Kier alpha value is -6.74. The van der Waals surface area contributed by atoms with Crippen LogP contribution >= 0.6 is 11.3 Å². The van der Waals surface area contributed by atoms with Crippen molar-refractivity contribution in [2.45, 2.75) is 0 Å². The van der Waals surface area contributed by atoms with E-state index in [0.29, 0.717) is 0 Å². The van der Waals surface area contributed by atoms with Crippen LogP contribution in [-0.4, -0.2) is 0 Å². The molecule has 2 heteroatoms. The molecule has 0 N–H and O–H groups in total. The van der Waals surface area contributed by atoms with Crippen molar-refractivity contribution in [2.75, 3.05) is 4.90 Å². The molecule has 0 saturated carbocycles. The summed E-state index contributed by atoms with van der Waals surface area (Å²) in [6.07, 6.45) is 0. The molecule has 0 aliphatic rings. The lowest BCUT2D eigenvalue weighted by molar-refractivity contribution is 1.29. The first-order chi connectivity index (χ1) is 26.8. The highest BCUT2D eigenvalue weighted by Gasteiger charge is 2.20. The zero-order chi connectivity index (χ0) is 35.8. The number of anilines is 3. The number of benzene rings is 9. The summed E-state index contributed by atoms with van der Waals surface area (Å²) in [5.41, 5.74) is 13.0. The summed E-state index contributed by atoms with van der Waals surface area (Å²) < 4.78 is 2.59. The van der Waals surface area contributed by atoms with E-state index < -0.39 is 0 Å². The lowest BCUT2D eigenvalue weighted by Gasteiger charge is -2.28. The van der Waals surface area contributed by atoms with E-state index >= 15 is 0 Å². The van der Waals surface area contributed by atoms with Crippen LogP contribution < -0.4 is 4.90 Å². The number of rotatable bonds is 7. The highest BCUT2D eigenvalue weighted by atomic mass is 32.1. The average molecular weight is 706 g/mol. The third-order valence-electron chi connectivity index (χ3n) is 10.5. The highest BCUT2D eigenvalue weighted by Crippen LogP contribution is 2.46. The summed E-state index contributed by atoms with van der Waals surface area (Å²) in [5.74, 6) is 0. The van der Waals surface area contributed by atoms with Crippen molar-refractivity contribution < 1.29 is 0 Å². The lowest BCUT2D eigenvalue weighted by Crippen LogP contribution is -2.11. The van der Waals surface area contributed by atoms with Gasteiger partial charge in [0.1, 0.15) is 0 Å². The molecular formula is C52H35NS. The molecule has 0 aliphatic carbocycles. The number of fused-ring (bicyclic) bond motifs is 4. The first-order valence-electron chi connectivity index (χ1n) is 18.4. The molecule has 9 aromatic carbocycles. The van der Waals surface area contributed by atoms with Gasteiger partial charge in [-0.2, -0.15) is 0 Å². The van der Waals surface area contributed by atoms with Crippen LogP contribution in [-0.2, 0) is 0 Å². The molecule has 0 fully saturated rings. The van der Waals surface area contributed by atoms with Crippen molar-refractivity contribution in [3.8, 4) is 44.5 Å². The van der Waals surface area contributed by atoms with E-state index in [-0.39, 0.29) is 0 Å². The summed E-state index contributed by atoms with van der Waals surface area (Å²) in [4.78, 5) is 2.43. The van der Waals surface area contributed by atoms with Gasteiger partial charge in [0, 0.05) is 37.1 Å². The van der Waals surface area contributed by atoms with Crippen LogP contribution in [0, 0.1) is 0 Å². The molecule has 0 unspecified atom stereocenters. The van der Waals surface area contributed by atoms with Crippen LogP contribution in [0.3, 0.4) is 0 Å². The van der Waals surface area contributed by atoms with E-state index in [2.05, 4.69) is 217 Å². The minimum Gasteiger partial charge on any atom is -0.310 e. The normalized spacial score (nSPS) is 11.3. The van der Waals surface area contributed by atoms with Crippen LogP contribution in [0.15, 0.2) is 212 Å². The number of hydrogen-bond donors (Lipinski definition) is 0. The van der Waals surface area contributed by atoms with Crippen LogP contribution in [0.25, 0.3) is 75.5 Å². The molecule has 1 heterocycles. The quantitative estimate of drug-likeness (QED) is 0.160. The fourth-order valence-corrected chi connectivity index (χ4v) is 8.95. The van der Waals surface area contributed by atoms with Crippen molar-refractivity contribution >= 4 is 59.3 Å². The molecule has 0 bridgehead atoms. The van der Waals surface area contributed by atoms with Crippen molar-refractivity contribution in [3.05, 3.63) is 212 Å². The van der Waals surface area contributed by atoms with E-state index in [9.17, 15) is 0 Å². The predicted octanol–water partition coefficient (Wildman–Crippen LogP) is 15.3. The van der Waals surface area contributed by atoms with E-state index in [1.54, 1.807) is 0 Å². The molecule has 0 saturated heterocycles. The van der Waals surface area contributed by atoms with Gasteiger partial charge < -0.3 is 4.90 Å². The Balaban J connectivity index is 1.10. The Morgan fingerprint density at radius 2 is 0.889 bits per heavy atom. The Morgan fingerprint density at radius 1 is 0.296 bits per heavy atom. The molecule has 254 valence electrons. The monoisotopic (exact) mass is 705 g/mol. The van der Waals surface area contributed by atoms with Crippen molar-refractivity contribution in [3.63, 3.8) is 0 Å². The number of hydrogen-bond acceptors (Lipinski definition) is 2. The maximum Gasteiger partial charge on any atom is 0.0540 e. The fraction of sp³-hybridized carbons (Fsp3) is 0. The molecule has 1 aromatic heterocycles. The van der Waals surface area contributed by atoms with Crippen LogP contribution in [0.5, 0.6) is 0 Å². The fourth-order valence-electron chi connectivity index (χ4n) is 7.81. The SMILES string of the molecule is c1ccc(-c2ccccc2-c2ccccc2N(c2ccc(-c3cccc(-c4ccc5ccccc5c4)c3)cc2)c2ccc3c(c2)sc2ccccc23)cc1. The predicted molar refractivity (Wildman–Crippen MR) is 233 cm³/mol. The molecule has 0 amide bonds. The first kappa shape index (κ1) is 32.0. The van der Waals surface area contributed by atoms with E-state index in [1.807, 2.05) is 11.3 Å². The van der Waals surface area contributed by atoms with Gasteiger partial charge in [0.25, 0.3) is 0 Å². The molecule has 0 aliphatic heterocycles. The van der Waals surface area contributed by atoms with E-state index in [0.717, 1.165) is 17.1 Å². The average Bonchev–Trinajstić information content (AvgIpc) is 3.62. The molecule has 1 nitrogen and oxygen atoms in total. The van der Waals surface area contributed by atoms with E-state index in [4.69, 9.17) is 0 Å². The van der Waals surface area contributed by atoms with Gasteiger partial charge in [0.2, 0.25) is 0 Å². The van der Waals surface area contributed by atoms with E-state index in [1.165, 1.54) is 75.5 Å². The molecule has 10 aromatic rings. The summed E-state index contributed by atoms with van der Waals surface area (Å²) in [6.45, 7) is 0. The van der Waals surface area contributed by atoms with Gasteiger partial charge >= 0.3 is 0 Å². The highest BCUT2D eigenvalue weighted by molar-refractivity contribution is 7.25. The number of nitrogens with zero attached hydrogens (tertiary/aromatic N) is 1. The second-order valence-corrected chi connectivity index (χ2v) is 14.8. The minimum atomic E-state index is 1.11. The van der Waals surface area contributed by atoms with Crippen molar-refractivity contribution in [1.29, 1.82) is 0 Å². The number of para-hydroxylation sites is 1. The largest absolute Gasteiger partial charge is 0.310 e. The first-order valence-corrected chi connectivity index (χ1v) is 19.2. The second-order valence-electron chi connectivity index (χ2n) is 13.7. The standard InChI is InChI=1S/C52H35NS/c1-2-14-38(15-3-1)45-19-6-7-20-46(45)47-21-8-10-23-50(47)53(44-31-32-49-48-22-9-11-24-51(48)54-52(49)35-44)43-29-27-37(28-30-43)40-17-12-18-41(33-40)42-26-25-36-13-4-5-16-39(36)34-42/h1-35H. The molecule has 0 atom stereocenters. The summed E-state index contributed by atoms with van der Waals surface area (Å²) in [5, 5.41) is 5.12. The molecule has 54 heavy (non-hydrogen) atoms. The summed E-state index contributed by atoms with van der Waals surface area (Å²) in [6, 6.07) is 77.2. The Labute approximate surface area is 319 Å². The summed E-state index contributed by atoms with van der Waals surface area (Å²) >= 11 is 1.86. The minimum absolute atomic E-state index is 1.11. The van der Waals surface area contributed by atoms with Gasteiger partial charge in [-0.15, -0.1) is 11.3 Å². The third kappa shape index (κ3) is 5.84. The van der Waals surface area contributed by atoms with Gasteiger partial charge in [-0.05, 0) is 98.2 Å². The van der Waals surface area contributed by atoms with Gasteiger partial charge in [-0.1, -0.05) is 164 Å². The van der Waals surface area contributed by atoms with Crippen LogP contribution in [0.2, 0.25) is 0 Å². The van der Waals surface area contributed by atoms with Crippen molar-refractivity contribution in [1.82, 2.24) is 0 Å². The Morgan fingerprint density at radius 3 is 1.74 bits per heavy atom. The Kier molecular flexibility index (Phi) is 8.09. The Bertz CT molecular complexity index is 2940. The van der Waals surface area contributed by atoms with Crippen LogP contribution in [0.4, 0.5) is 17.1 Å². The number of thiophene rings is 1. The third-order valence-corrected chi connectivity index (χ3v) is 11.6. The molecule has 0 radical (unpaired) electrons. The van der Waals surface area contributed by atoms with Gasteiger partial charge in [0.05, 0.1) is 5.69 Å². The maximum atomic E-state index is 2.43. The lowest BCUT2D eigenvalue weighted by atomic mass is 9.93. The zero-order valence-corrected chi connectivity index (χ0v) is 30.4. The molecular weight excluding hydrogens is 671 g/mol. The van der Waals surface area contributed by atoms with Gasteiger partial charge in [0.15, 0.2) is 0 Å². The second kappa shape index (κ2) is 13.7. The van der Waals surface area contributed by atoms with Crippen molar-refractivity contribution in [2.24, 2.45) is 0 Å². The molecule has 10 rings (SSSR count). The maximum absolute atomic E-state index is 2.43. The zero-order valence-electron chi connectivity index (χ0n) is 29.6. The van der Waals surface area contributed by atoms with Crippen LogP contribution in [0.1, 0.15) is 0 Å².